The molecule has 20 heavy (non-hydrogen) atoms. The Balaban J connectivity index is 1.76. The molecule has 1 N–H and O–H groups in total. The van der Waals surface area contributed by atoms with Crippen LogP contribution in [0.1, 0.15) is 38.5 Å². The van der Waals surface area contributed by atoms with Crippen LogP contribution >= 0.6 is 0 Å². The van der Waals surface area contributed by atoms with Gasteiger partial charge in [-0.1, -0.05) is 6.07 Å². The standard InChI is InChI=1S/C17H22N2O/c1-20-16-6-2-5-15(10-16)19-17(12-18)9-3-4-14(11-17)13-7-8-13/h2,5-6,10,13-14,19H,3-4,7-9,11H2,1H3. The molecule has 0 bridgehead atoms. The van der Waals surface area contributed by atoms with Crippen molar-refractivity contribution in [3.05, 3.63) is 24.3 Å². The Labute approximate surface area is 120 Å². The van der Waals surface area contributed by atoms with Gasteiger partial charge in [0, 0.05) is 11.8 Å². The predicted molar refractivity (Wildman–Crippen MR) is 79.6 cm³/mol. The fourth-order valence-corrected chi connectivity index (χ4v) is 3.51. The van der Waals surface area contributed by atoms with Crippen LogP contribution in [0.15, 0.2) is 24.3 Å². The molecule has 0 amide bonds. The first-order chi connectivity index (χ1) is 9.74. The highest BCUT2D eigenvalue weighted by atomic mass is 16.5. The van der Waals surface area contributed by atoms with E-state index in [1.54, 1.807) is 7.11 Å². The molecular weight excluding hydrogens is 248 g/mol. The first-order valence-electron chi connectivity index (χ1n) is 7.58. The van der Waals surface area contributed by atoms with E-state index >= 15 is 0 Å². The lowest BCUT2D eigenvalue weighted by atomic mass is 9.74. The number of hydrogen-bond acceptors (Lipinski definition) is 3. The van der Waals surface area contributed by atoms with Gasteiger partial charge in [-0.25, -0.2) is 0 Å². The van der Waals surface area contributed by atoms with E-state index in [1.165, 1.54) is 19.3 Å². The summed E-state index contributed by atoms with van der Waals surface area (Å²) in [4.78, 5) is 0. The third-order valence-electron chi connectivity index (χ3n) is 4.75. The molecule has 2 aliphatic rings. The normalized spacial score (nSPS) is 29.5. The smallest absolute Gasteiger partial charge is 0.125 e. The van der Waals surface area contributed by atoms with Gasteiger partial charge < -0.3 is 10.1 Å². The molecule has 2 fully saturated rings. The van der Waals surface area contributed by atoms with E-state index in [0.29, 0.717) is 0 Å². The van der Waals surface area contributed by atoms with Crippen LogP contribution in [0.5, 0.6) is 5.75 Å². The molecule has 0 radical (unpaired) electrons. The molecule has 2 aliphatic carbocycles. The topological polar surface area (TPSA) is 45.0 Å². The quantitative estimate of drug-likeness (QED) is 0.900. The van der Waals surface area contributed by atoms with E-state index in [-0.39, 0.29) is 0 Å². The van der Waals surface area contributed by atoms with E-state index in [0.717, 1.165) is 42.5 Å². The molecule has 2 unspecified atom stereocenters. The van der Waals surface area contributed by atoms with Crippen LogP contribution in [0, 0.1) is 23.2 Å². The molecule has 2 atom stereocenters. The molecule has 0 heterocycles. The van der Waals surface area contributed by atoms with Gasteiger partial charge in [-0.05, 0) is 62.5 Å². The van der Waals surface area contributed by atoms with Crippen LogP contribution in [-0.2, 0) is 0 Å². The van der Waals surface area contributed by atoms with Gasteiger partial charge in [-0.15, -0.1) is 0 Å². The summed E-state index contributed by atoms with van der Waals surface area (Å²) in [6.07, 6.45) is 7.13. The maximum atomic E-state index is 9.71. The summed E-state index contributed by atoms with van der Waals surface area (Å²) in [5.74, 6) is 2.45. The van der Waals surface area contributed by atoms with Crippen molar-refractivity contribution < 1.29 is 4.74 Å². The molecule has 0 aromatic heterocycles. The Morgan fingerprint density at radius 1 is 1.30 bits per heavy atom. The summed E-state index contributed by atoms with van der Waals surface area (Å²) in [5.41, 5.74) is 0.597. The maximum absolute atomic E-state index is 9.71. The Morgan fingerprint density at radius 2 is 2.15 bits per heavy atom. The zero-order chi connectivity index (χ0) is 14.0. The largest absolute Gasteiger partial charge is 0.497 e. The third-order valence-corrected chi connectivity index (χ3v) is 4.75. The predicted octanol–water partition coefficient (Wildman–Crippen LogP) is 3.97. The van der Waals surface area contributed by atoms with Gasteiger partial charge in [0.1, 0.15) is 11.3 Å². The van der Waals surface area contributed by atoms with Crippen molar-refractivity contribution in [1.82, 2.24) is 0 Å². The molecular formula is C17H22N2O. The van der Waals surface area contributed by atoms with Crippen molar-refractivity contribution in [3.8, 4) is 11.8 Å². The summed E-state index contributed by atoms with van der Waals surface area (Å²) in [7, 11) is 1.67. The van der Waals surface area contributed by atoms with Crippen molar-refractivity contribution in [1.29, 1.82) is 5.26 Å². The third kappa shape index (κ3) is 2.75. The average Bonchev–Trinajstić information content (AvgIpc) is 3.32. The van der Waals surface area contributed by atoms with Gasteiger partial charge in [-0.3, -0.25) is 0 Å². The second kappa shape index (κ2) is 5.36. The SMILES string of the molecule is COc1cccc(NC2(C#N)CCCC(C3CC3)C2)c1. The first kappa shape index (κ1) is 13.3. The Morgan fingerprint density at radius 3 is 2.85 bits per heavy atom. The highest BCUT2D eigenvalue weighted by Gasteiger charge is 2.42. The minimum atomic E-state index is -0.391. The van der Waals surface area contributed by atoms with E-state index in [4.69, 9.17) is 4.74 Å². The fraction of sp³-hybridized carbons (Fsp3) is 0.588. The number of benzene rings is 1. The average molecular weight is 270 g/mol. The number of rotatable bonds is 4. The summed E-state index contributed by atoms with van der Waals surface area (Å²) < 4.78 is 5.26. The maximum Gasteiger partial charge on any atom is 0.125 e. The number of methoxy groups -OCH3 is 1. The number of nitriles is 1. The van der Waals surface area contributed by atoms with Crippen LogP contribution < -0.4 is 10.1 Å². The molecule has 0 saturated heterocycles. The van der Waals surface area contributed by atoms with Gasteiger partial charge in [0.25, 0.3) is 0 Å². The van der Waals surface area contributed by atoms with Crippen LogP contribution in [0.4, 0.5) is 5.69 Å². The summed E-state index contributed by atoms with van der Waals surface area (Å²) in [5, 5.41) is 13.2. The Hall–Kier alpha value is -1.69. The van der Waals surface area contributed by atoms with E-state index in [2.05, 4.69) is 11.4 Å². The molecule has 0 spiro atoms. The monoisotopic (exact) mass is 270 g/mol. The lowest BCUT2D eigenvalue weighted by molar-refractivity contribution is 0.263. The number of anilines is 1. The summed E-state index contributed by atoms with van der Waals surface area (Å²) in [6, 6.07) is 10.4. The van der Waals surface area contributed by atoms with Gasteiger partial charge in [-0.2, -0.15) is 5.26 Å². The van der Waals surface area contributed by atoms with Gasteiger partial charge >= 0.3 is 0 Å². The lowest BCUT2D eigenvalue weighted by Gasteiger charge is -2.37. The van der Waals surface area contributed by atoms with Crippen LogP contribution in [0.25, 0.3) is 0 Å². The second-order valence-corrected chi connectivity index (χ2v) is 6.24. The minimum absolute atomic E-state index is 0.391. The Kier molecular flexibility index (Phi) is 3.56. The van der Waals surface area contributed by atoms with Gasteiger partial charge in [0.2, 0.25) is 0 Å². The van der Waals surface area contributed by atoms with E-state index in [9.17, 15) is 5.26 Å². The van der Waals surface area contributed by atoms with Gasteiger partial charge in [0.15, 0.2) is 0 Å². The molecule has 3 nitrogen and oxygen atoms in total. The van der Waals surface area contributed by atoms with Gasteiger partial charge in [0.05, 0.1) is 13.2 Å². The molecule has 2 saturated carbocycles. The highest BCUT2D eigenvalue weighted by Crippen LogP contribution is 2.47. The summed E-state index contributed by atoms with van der Waals surface area (Å²) >= 11 is 0. The van der Waals surface area contributed by atoms with Crippen LogP contribution in [0.3, 0.4) is 0 Å². The van der Waals surface area contributed by atoms with Crippen molar-refractivity contribution in [2.75, 3.05) is 12.4 Å². The second-order valence-electron chi connectivity index (χ2n) is 6.24. The van der Waals surface area contributed by atoms with E-state index in [1.807, 2.05) is 24.3 Å². The number of nitrogens with zero attached hydrogens (tertiary/aromatic N) is 1. The van der Waals surface area contributed by atoms with E-state index < -0.39 is 5.54 Å². The minimum Gasteiger partial charge on any atom is -0.497 e. The number of nitrogens with one attached hydrogen (secondary N) is 1. The number of hydrogen-bond donors (Lipinski definition) is 1. The zero-order valence-electron chi connectivity index (χ0n) is 12.1. The van der Waals surface area contributed by atoms with Crippen molar-refractivity contribution >= 4 is 5.69 Å². The molecule has 1 aromatic carbocycles. The molecule has 106 valence electrons. The molecule has 1 aromatic rings. The van der Waals surface area contributed by atoms with Crippen LogP contribution in [0.2, 0.25) is 0 Å². The number of ether oxygens (including phenoxy) is 1. The Bertz CT molecular complexity index is 518. The molecule has 3 rings (SSSR count). The molecule has 3 heteroatoms. The zero-order valence-corrected chi connectivity index (χ0v) is 12.1. The molecule has 0 aliphatic heterocycles. The summed E-state index contributed by atoms with van der Waals surface area (Å²) in [6.45, 7) is 0. The van der Waals surface area contributed by atoms with Crippen molar-refractivity contribution in [2.45, 2.75) is 44.1 Å². The van der Waals surface area contributed by atoms with Crippen LogP contribution in [-0.4, -0.2) is 12.6 Å². The first-order valence-corrected chi connectivity index (χ1v) is 7.58. The van der Waals surface area contributed by atoms with Crippen molar-refractivity contribution in [3.63, 3.8) is 0 Å². The van der Waals surface area contributed by atoms with Crippen molar-refractivity contribution in [2.24, 2.45) is 11.8 Å². The fourth-order valence-electron chi connectivity index (χ4n) is 3.51. The highest BCUT2D eigenvalue weighted by molar-refractivity contribution is 5.51. The lowest BCUT2D eigenvalue weighted by Crippen LogP contribution is -2.42.